The van der Waals surface area contributed by atoms with E-state index in [9.17, 15) is 4.79 Å². The highest BCUT2D eigenvalue weighted by Crippen LogP contribution is 2.25. The number of carbonyl (C=O) groups is 1. The van der Waals surface area contributed by atoms with E-state index in [-0.39, 0.29) is 12.3 Å². The number of aryl methyl sites for hydroxylation is 1. The van der Waals surface area contributed by atoms with Crippen LogP contribution >= 0.6 is 0 Å². The summed E-state index contributed by atoms with van der Waals surface area (Å²) in [6, 6.07) is 9.20. The number of aromatic nitrogens is 4. The third-order valence-electron chi connectivity index (χ3n) is 3.56. The van der Waals surface area contributed by atoms with Gasteiger partial charge in [0.05, 0.1) is 23.6 Å². The first-order chi connectivity index (χ1) is 11.6. The SMILES string of the molecule is C#Cc1cccc(-n2cc(-c3ccnn3C)c(C(=O)OCC)n2)c1. The van der Waals surface area contributed by atoms with Gasteiger partial charge in [-0.2, -0.15) is 10.2 Å². The maximum absolute atomic E-state index is 12.3. The molecule has 6 heteroatoms. The van der Waals surface area contributed by atoms with Crippen LogP contribution in [-0.4, -0.2) is 32.1 Å². The lowest BCUT2D eigenvalue weighted by atomic mass is 10.2. The number of nitrogens with zero attached hydrogens (tertiary/aromatic N) is 4. The Hall–Kier alpha value is -3.33. The molecule has 0 aliphatic rings. The first-order valence-corrected chi connectivity index (χ1v) is 7.46. The predicted octanol–water partition coefficient (Wildman–Crippen LogP) is 2.43. The van der Waals surface area contributed by atoms with E-state index in [1.165, 1.54) is 0 Å². The van der Waals surface area contributed by atoms with Crippen LogP contribution in [0, 0.1) is 12.3 Å². The molecule has 0 aliphatic carbocycles. The maximum Gasteiger partial charge on any atom is 0.359 e. The van der Waals surface area contributed by atoms with Crippen molar-refractivity contribution in [3.05, 3.63) is 54.0 Å². The van der Waals surface area contributed by atoms with Crippen LogP contribution in [0.1, 0.15) is 23.0 Å². The van der Waals surface area contributed by atoms with E-state index in [1.807, 2.05) is 30.3 Å². The van der Waals surface area contributed by atoms with Crippen LogP contribution in [0.2, 0.25) is 0 Å². The number of rotatable bonds is 4. The molecule has 0 unspecified atom stereocenters. The van der Waals surface area contributed by atoms with E-state index in [0.29, 0.717) is 5.56 Å². The van der Waals surface area contributed by atoms with Crippen LogP contribution in [0.3, 0.4) is 0 Å². The third-order valence-corrected chi connectivity index (χ3v) is 3.56. The summed E-state index contributed by atoms with van der Waals surface area (Å²) in [6.07, 6.45) is 8.90. The van der Waals surface area contributed by atoms with E-state index in [0.717, 1.165) is 16.9 Å². The normalized spacial score (nSPS) is 10.4. The average molecular weight is 320 g/mol. The van der Waals surface area contributed by atoms with Crippen molar-refractivity contribution in [1.82, 2.24) is 19.6 Å². The van der Waals surface area contributed by atoms with Crippen molar-refractivity contribution in [2.24, 2.45) is 7.05 Å². The predicted molar refractivity (Wildman–Crippen MR) is 89.7 cm³/mol. The first kappa shape index (κ1) is 15.6. The number of carbonyl (C=O) groups excluding carboxylic acids is 1. The van der Waals surface area contributed by atoms with E-state index in [1.54, 1.807) is 35.7 Å². The van der Waals surface area contributed by atoms with Crippen LogP contribution < -0.4 is 0 Å². The Kier molecular flexibility index (Phi) is 4.17. The summed E-state index contributed by atoms with van der Waals surface area (Å²) in [5.74, 6) is 2.12. The van der Waals surface area contributed by atoms with Crippen molar-refractivity contribution in [2.45, 2.75) is 6.92 Å². The number of hydrogen-bond donors (Lipinski definition) is 0. The Labute approximate surface area is 139 Å². The van der Waals surface area contributed by atoms with Gasteiger partial charge in [-0.15, -0.1) is 6.42 Å². The van der Waals surface area contributed by atoms with E-state index >= 15 is 0 Å². The van der Waals surface area contributed by atoms with Crippen molar-refractivity contribution in [3.63, 3.8) is 0 Å². The van der Waals surface area contributed by atoms with Gasteiger partial charge in [0.15, 0.2) is 5.69 Å². The topological polar surface area (TPSA) is 61.9 Å². The summed E-state index contributed by atoms with van der Waals surface area (Å²) in [6.45, 7) is 2.04. The monoisotopic (exact) mass is 320 g/mol. The number of benzene rings is 1. The Balaban J connectivity index is 2.14. The summed E-state index contributed by atoms with van der Waals surface area (Å²) in [5, 5.41) is 8.55. The second-order valence-corrected chi connectivity index (χ2v) is 5.09. The summed E-state index contributed by atoms with van der Waals surface area (Å²) < 4.78 is 8.43. The molecule has 0 aliphatic heterocycles. The van der Waals surface area contributed by atoms with Gasteiger partial charge in [-0.3, -0.25) is 4.68 Å². The molecule has 0 N–H and O–H groups in total. The minimum Gasteiger partial charge on any atom is -0.461 e. The van der Waals surface area contributed by atoms with Crippen molar-refractivity contribution in [2.75, 3.05) is 6.61 Å². The fourth-order valence-electron chi connectivity index (χ4n) is 2.42. The molecule has 2 aromatic heterocycles. The molecule has 0 spiro atoms. The standard InChI is InChI=1S/C18H16N4O2/c1-4-13-7-6-8-14(11-13)22-12-15(16-9-10-19-21(16)3)17(20-22)18(23)24-5-2/h1,6-12H,5H2,2-3H3. The molecule has 0 atom stereocenters. The number of ether oxygens (including phenoxy) is 1. The van der Waals surface area contributed by atoms with Crippen LogP contribution in [0.5, 0.6) is 0 Å². The van der Waals surface area contributed by atoms with Crippen LogP contribution in [0.25, 0.3) is 16.9 Å². The van der Waals surface area contributed by atoms with Crippen LogP contribution in [0.4, 0.5) is 0 Å². The maximum atomic E-state index is 12.3. The second kappa shape index (κ2) is 6.42. The molecule has 2 heterocycles. The highest BCUT2D eigenvalue weighted by molar-refractivity contribution is 5.94. The second-order valence-electron chi connectivity index (χ2n) is 5.09. The highest BCUT2D eigenvalue weighted by atomic mass is 16.5. The van der Waals surface area contributed by atoms with Crippen molar-refractivity contribution >= 4 is 5.97 Å². The zero-order chi connectivity index (χ0) is 17.1. The minimum absolute atomic E-state index is 0.242. The zero-order valence-corrected chi connectivity index (χ0v) is 13.4. The molecular formula is C18H16N4O2. The lowest BCUT2D eigenvalue weighted by molar-refractivity contribution is 0.0520. The molecule has 3 aromatic rings. The summed E-state index contributed by atoms with van der Waals surface area (Å²) in [7, 11) is 1.81. The van der Waals surface area contributed by atoms with Crippen molar-refractivity contribution in [3.8, 4) is 29.3 Å². The molecule has 0 amide bonds. The van der Waals surface area contributed by atoms with Gasteiger partial charge >= 0.3 is 5.97 Å². The molecule has 0 bridgehead atoms. The first-order valence-electron chi connectivity index (χ1n) is 7.46. The number of esters is 1. The molecule has 24 heavy (non-hydrogen) atoms. The fourth-order valence-corrected chi connectivity index (χ4v) is 2.42. The average Bonchev–Trinajstić information content (AvgIpc) is 3.21. The molecular weight excluding hydrogens is 304 g/mol. The Bertz CT molecular complexity index is 931. The van der Waals surface area contributed by atoms with E-state index < -0.39 is 5.97 Å². The fraction of sp³-hybridized carbons (Fsp3) is 0.167. The highest BCUT2D eigenvalue weighted by Gasteiger charge is 2.21. The lowest BCUT2D eigenvalue weighted by Gasteiger charge is -2.02. The van der Waals surface area contributed by atoms with E-state index in [4.69, 9.17) is 11.2 Å². The van der Waals surface area contributed by atoms with Crippen LogP contribution in [-0.2, 0) is 11.8 Å². The Morgan fingerprint density at radius 1 is 1.38 bits per heavy atom. The van der Waals surface area contributed by atoms with Crippen LogP contribution in [0.15, 0.2) is 42.7 Å². The lowest BCUT2D eigenvalue weighted by Crippen LogP contribution is -2.08. The number of terminal acetylenes is 1. The smallest absolute Gasteiger partial charge is 0.359 e. The number of hydrogen-bond acceptors (Lipinski definition) is 4. The molecule has 0 radical (unpaired) electrons. The molecule has 0 saturated heterocycles. The van der Waals surface area contributed by atoms with Gasteiger partial charge in [-0.1, -0.05) is 12.0 Å². The third kappa shape index (κ3) is 2.79. The van der Waals surface area contributed by atoms with Gasteiger partial charge in [0.1, 0.15) is 0 Å². The Morgan fingerprint density at radius 2 is 2.21 bits per heavy atom. The largest absolute Gasteiger partial charge is 0.461 e. The summed E-state index contributed by atoms with van der Waals surface area (Å²) in [4.78, 5) is 12.3. The van der Waals surface area contributed by atoms with Gasteiger partial charge in [-0.25, -0.2) is 9.48 Å². The molecule has 1 aromatic carbocycles. The van der Waals surface area contributed by atoms with Gasteiger partial charge < -0.3 is 4.74 Å². The quantitative estimate of drug-likeness (QED) is 0.547. The van der Waals surface area contributed by atoms with Gasteiger partial charge in [0, 0.05) is 25.0 Å². The van der Waals surface area contributed by atoms with Gasteiger partial charge in [0.2, 0.25) is 0 Å². The molecule has 3 rings (SSSR count). The summed E-state index contributed by atoms with van der Waals surface area (Å²) in [5.41, 5.74) is 3.18. The molecule has 6 nitrogen and oxygen atoms in total. The Morgan fingerprint density at radius 3 is 2.88 bits per heavy atom. The zero-order valence-electron chi connectivity index (χ0n) is 13.4. The minimum atomic E-state index is -0.472. The molecule has 120 valence electrons. The molecule has 0 fully saturated rings. The van der Waals surface area contributed by atoms with Crippen molar-refractivity contribution in [1.29, 1.82) is 0 Å². The van der Waals surface area contributed by atoms with Gasteiger partial charge in [-0.05, 0) is 31.2 Å². The summed E-state index contributed by atoms with van der Waals surface area (Å²) >= 11 is 0. The van der Waals surface area contributed by atoms with E-state index in [2.05, 4.69) is 16.1 Å². The van der Waals surface area contributed by atoms with Crippen molar-refractivity contribution < 1.29 is 9.53 Å². The molecule has 0 saturated carbocycles. The van der Waals surface area contributed by atoms with Gasteiger partial charge in [0.25, 0.3) is 0 Å².